The third kappa shape index (κ3) is 7.17. The van der Waals surface area contributed by atoms with Gasteiger partial charge in [-0.3, -0.25) is 9.35 Å². The Balaban J connectivity index is 0.000000503. The molecule has 1 N–H and O–H groups in total. The molecule has 0 spiro atoms. The maximum atomic E-state index is 15.0. The molecule has 6 rings (SSSR count). The molecule has 0 unspecified atom stereocenters. The lowest BCUT2D eigenvalue weighted by Gasteiger charge is -2.35. The van der Waals surface area contributed by atoms with Crippen molar-refractivity contribution in [3.8, 4) is 22.3 Å². The number of halogens is 3. The molecule has 0 saturated carbocycles. The Hall–Kier alpha value is -3.32. The van der Waals surface area contributed by atoms with Gasteiger partial charge in [0.15, 0.2) is 5.78 Å². The second-order valence-corrected chi connectivity index (χ2v) is 16.7. The zero-order valence-electron chi connectivity index (χ0n) is 27.6. The van der Waals surface area contributed by atoms with Crippen LogP contribution >= 0.6 is 7.92 Å². The molecule has 254 valence electrons. The zero-order valence-corrected chi connectivity index (χ0v) is 29.3. The van der Waals surface area contributed by atoms with Crippen molar-refractivity contribution in [1.82, 2.24) is 0 Å². The van der Waals surface area contributed by atoms with Gasteiger partial charge >= 0.3 is 15.6 Å². The minimum absolute atomic E-state index is 0.311. The van der Waals surface area contributed by atoms with Gasteiger partial charge in [-0.25, -0.2) is 0 Å². The SMILES string of the molecule is CCCCP(CCCC)CC(=O)C(C)(c1cccc2c1Cc1ccccc1-2)c1cccc2c1Cc1ccccc1-2.O=S(=O)(O)C(F)(F)F. The first-order valence-corrected chi connectivity index (χ1v) is 19.9. The van der Waals surface area contributed by atoms with Gasteiger partial charge in [-0.2, -0.15) is 21.6 Å². The number of fused-ring (bicyclic) bond motifs is 6. The highest BCUT2D eigenvalue weighted by molar-refractivity contribution is 7.86. The molecule has 0 aliphatic heterocycles. The molecule has 0 heterocycles. The number of carbonyl (C=O) groups excluding carboxylic acids is 1. The Morgan fingerprint density at radius 2 is 1.10 bits per heavy atom. The summed E-state index contributed by atoms with van der Waals surface area (Å²) in [4.78, 5) is 15.0. The highest BCUT2D eigenvalue weighted by Gasteiger charge is 2.45. The molecular formula is C39H42F3O4PS. The first-order chi connectivity index (χ1) is 22.8. The first-order valence-electron chi connectivity index (χ1n) is 16.5. The van der Waals surface area contributed by atoms with Crippen LogP contribution in [0.3, 0.4) is 0 Å². The molecule has 0 bridgehead atoms. The van der Waals surface area contributed by atoms with Crippen molar-refractivity contribution in [2.75, 3.05) is 18.5 Å². The fraction of sp³-hybridized carbons (Fsp3) is 0.359. The summed E-state index contributed by atoms with van der Waals surface area (Å²) in [5, 5.41) is 0. The number of ketones is 1. The Kier molecular flexibility index (Phi) is 11.0. The molecule has 0 saturated heterocycles. The number of carbonyl (C=O) groups is 1. The van der Waals surface area contributed by atoms with Crippen molar-refractivity contribution in [3.05, 3.63) is 118 Å². The normalized spacial score (nSPS) is 13.3. The van der Waals surface area contributed by atoms with Crippen LogP contribution in [0, 0.1) is 0 Å². The summed E-state index contributed by atoms with van der Waals surface area (Å²) in [6.07, 6.45) is 9.81. The molecule has 4 aromatic rings. The van der Waals surface area contributed by atoms with E-state index in [1.807, 2.05) is 0 Å². The molecule has 4 aromatic carbocycles. The second-order valence-electron chi connectivity index (χ2n) is 12.8. The Labute approximate surface area is 283 Å². The summed E-state index contributed by atoms with van der Waals surface area (Å²) in [5.41, 5.74) is 6.93. The first kappa shape index (κ1) is 36.0. The number of alkyl halides is 3. The van der Waals surface area contributed by atoms with Crippen LogP contribution in [-0.4, -0.2) is 42.7 Å². The van der Waals surface area contributed by atoms with E-state index in [9.17, 15) is 18.0 Å². The number of benzene rings is 4. The van der Waals surface area contributed by atoms with E-state index >= 15 is 0 Å². The lowest BCUT2D eigenvalue weighted by atomic mass is 9.69. The predicted molar refractivity (Wildman–Crippen MR) is 190 cm³/mol. The van der Waals surface area contributed by atoms with Crippen molar-refractivity contribution < 1.29 is 30.9 Å². The van der Waals surface area contributed by atoms with Gasteiger partial charge in [0.25, 0.3) is 0 Å². The summed E-state index contributed by atoms with van der Waals surface area (Å²) in [6, 6.07) is 31.0. The van der Waals surface area contributed by atoms with Crippen LogP contribution in [-0.2, 0) is 33.2 Å². The number of hydrogen-bond donors (Lipinski definition) is 1. The Bertz CT molecular complexity index is 1800. The standard InChI is InChI=1S/C38H41OP.CHF3O3S/c1-4-6-22-40(23-7-5-2)26-37(39)38(3,35-20-12-18-31-29-16-10-8-14-27(29)24-33(31)35)36-21-13-19-32-30-17-11-9-15-28(30)25-34(32)36;2-1(3,4)8(5,6)7/h8-21H,4-7,22-26H2,1-3H3;(H,5,6,7). The third-order valence-electron chi connectivity index (χ3n) is 9.65. The molecular weight excluding hydrogens is 652 g/mol. The van der Waals surface area contributed by atoms with Gasteiger partial charge in [0.05, 0.1) is 5.41 Å². The van der Waals surface area contributed by atoms with Gasteiger partial charge in [0.2, 0.25) is 0 Å². The van der Waals surface area contributed by atoms with Gasteiger partial charge in [0, 0.05) is 6.16 Å². The summed E-state index contributed by atoms with van der Waals surface area (Å²) >= 11 is 0. The lowest BCUT2D eigenvalue weighted by Crippen LogP contribution is -2.38. The lowest BCUT2D eigenvalue weighted by molar-refractivity contribution is -0.120. The van der Waals surface area contributed by atoms with Crippen LogP contribution in [0.4, 0.5) is 13.2 Å². The maximum Gasteiger partial charge on any atom is 0.522 e. The third-order valence-corrected chi connectivity index (χ3v) is 12.9. The minimum atomic E-state index is -5.84. The number of Topliss-reactive ketones (excluding diaryl/α,β-unsaturated/α-hetero) is 1. The molecule has 0 atom stereocenters. The summed E-state index contributed by atoms with van der Waals surface area (Å²) < 4.78 is 57.5. The van der Waals surface area contributed by atoms with E-state index in [1.54, 1.807) is 0 Å². The molecule has 48 heavy (non-hydrogen) atoms. The molecule has 0 aromatic heterocycles. The van der Waals surface area contributed by atoms with E-state index in [2.05, 4.69) is 106 Å². The molecule has 4 nitrogen and oxygen atoms in total. The summed E-state index contributed by atoms with van der Waals surface area (Å²) in [5.74, 6) is 0.416. The van der Waals surface area contributed by atoms with Crippen molar-refractivity contribution in [2.45, 2.75) is 70.2 Å². The van der Waals surface area contributed by atoms with Crippen molar-refractivity contribution in [3.63, 3.8) is 0 Å². The van der Waals surface area contributed by atoms with Crippen molar-refractivity contribution >= 4 is 23.8 Å². The fourth-order valence-corrected chi connectivity index (χ4v) is 9.88. The van der Waals surface area contributed by atoms with Gasteiger partial charge in [-0.05, 0) is 101 Å². The smallest absolute Gasteiger partial charge is 0.298 e. The van der Waals surface area contributed by atoms with E-state index in [-0.39, 0.29) is 7.92 Å². The van der Waals surface area contributed by atoms with Crippen molar-refractivity contribution in [1.29, 1.82) is 0 Å². The quantitative estimate of drug-likeness (QED) is 0.0833. The summed E-state index contributed by atoms with van der Waals surface area (Å²) in [7, 11) is -6.15. The number of unbranched alkanes of at least 4 members (excludes halogenated alkanes) is 2. The zero-order chi connectivity index (χ0) is 34.7. The van der Waals surface area contributed by atoms with Gasteiger partial charge in [-0.1, -0.05) is 120 Å². The van der Waals surface area contributed by atoms with Crippen LogP contribution in [0.2, 0.25) is 0 Å². The largest absolute Gasteiger partial charge is 0.522 e. The molecule has 0 radical (unpaired) electrons. The van der Waals surface area contributed by atoms with Gasteiger partial charge in [0.1, 0.15) is 0 Å². The van der Waals surface area contributed by atoms with Crippen molar-refractivity contribution in [2.24, 2.45) is 0 Å². The molecule has 0 amide bonds. The summed E-state index contributed by atoms with van der Waals surface area (Å²) in [6.45, 7) is 6.81. The average Bonchev–Trinajstić information content (AvgIpc) is 3.63. The van der Waals surface area contributed by atoms with Crippen LogP contribution in [0.1, 0.15) is 79.8 Å². The molecule has 2 aliphatic carbocycles. The maximum absolute atomic E-state index is 15.0. The fourth-order valence-electron chi connectivity index (χ4n) is 7.09. The van der Waals surface area contributed by atoms with Crippen LogP contribution in [0.5, 0.6) is 0 Å². The number of rotatable bonds is 11. The second kappa shape index (κ2) is 14.7. The van der Waals surface area contributed by atoms with Gasteiger partial charge < -0.3 is 0 Å². The molecule has 2 aliphatic rings. The molecule has 0 fully saturated rings. The number of hydrogen-bond acceptors (Lipinski definition) is 3. The molecule has 9 heteroatoms. The van der Waals surface area contributed by atoms with E-state index in [4.69, 9.17) is 13.0 Å². The highest BCUT2D eigenvalue weighted by atomic mass is 32.2. The van der Waals surface area contributed by atoms with E-state index < -0.39 is 21.0 Å². The van der Waals surface area contributed by atoms with Crippen LogP contribution in [0.25, 0.3) is 22.3 Å². The Morgan fingerprint density at radius 1 is 0.708 bits per heavy atom. The highest BCUT2D eigenvalue weighted by Crippen LogP contribution is 2.50. The van der Waals surface area contributed by atoms with Crippen LogP contribution in [0.15, 0.2) is 84.9 Å². The average molecular weight is 695 g/mol. The van der Waals surface area contributed by atoms with E-state index in [0.717, 1.165) is 19.0 Å². The van der Waals surface area contributed by atoms with E-state index in [1.165, 1.54) is 93.6 Å². The van der Waals surface area contributed by atoms with Gasteiger partial charge in [-0.15, -0.1) is 0 Å². The van der Waals surface area contributed by atoms with Crippen LogP contribution < -0.4 is 0 Å². The van der Waals surface area contributed by atoms with E-state index in [0.29, 0.717) is 5.78 Å². The predicted octanol–water partition coefficient (Wildman–Crippen LogP) is 10.2. The Morgan fingerprint density at radius 3 is 1.50 bits per heavy atom. The monoisotopic (exact) mass is 694 g/mol. The minimum Gasteiger partial charge on any atom is -0.298 e. The topological polar surface area (TPSA) is 71.4 Å².